The van der Waals surface area contributed by atoms with Crippen molar-refractivity contribution in [1.29, 1.82) is 0 Å². The van der Waals surface area contributed by atoms with E-state index in [9.17, 15) is 9.59 Å². The average Bonchev–Trinajstić information content (AvgIpc) is 2.69. The number of carbonyl (C=O) groups is 1. The van der Waals surface area contributed by atoms with Crippen molar-refractivity contribution in [1.82, 2.24) is 24.4 Å². The van der Waals surface area contributed by atoms with Crippen molar-refractivity contribution in [2.45, 2.75) is 13.3 Å². The van der Waals surface area contributed by atoms with Gasteiger partial charge >= 0.3 is 0 Å². The first-order chi connectivity index (χ1) is 12.6. The number of pyridine rings is 2. The number of aromatic nitrogens is 4. The van der Waals surface area contributed by atoms with Gasteiger partial charge in [0.05, 0.1) is 5.39 Å². The number of nitrogens with zero attached hydrogens (tertiary/aromatic N) is 5. The molecule has 4 heterocycles. The fraction of sp³-hybridized carbons (Fsp3) is 0.211. The first-order valence-electron chi connectivity index (χ1n) is 8.39. The van der Waals surface area contributed by atoms with E-state index in [0.29, 0.717) is 42.1 Å². The molecule has 0 radical (unpaired) electrons. The van der Waals surface area contributed by atoms with Crippen LogP contribution in [-0.2, 0) is 0 Å². The second kappa shape index (κ2) is 6.51. The van der Waals surface area contributed by atoms with Crippen LogP contribution in [0.1, 0.15) is 22.7 Å². The van der Waals surface area contributed by atoms with Gasteiger partial charge in [-0.2, -0.15) is 4.98 Å². The van der Waals surface area contributed by atoms with Gasteiger partial charge in [-0.25, -0.2) is 4.98 Å². The molecule has 0 saturated heterocycles. The molecule has 0 saturated carbocycles. The Hall–Kier alpha value is -3.35. The van der Waals surface area contributed by atoms with Gasteiger partial charge in [0.15, 0.2) is 5.65 Å². The summed E-state index contributed by atoms with van der Waals surface area (Å²) in [4.78, 5) is 39.0. The summed E-state index contributed by atoms with van der Waals surface area (Å²) in [6.45, 7) is 2.84. The third-order valence-corrected chi connectivity index (χ3v) is 4.46. The maximum atomic E-state index is 12.5. The van der Waals surface area contributed by atoms with Crippen LogP contribution in [0.2, 0.25) is 0 Å². The highest BCUT2D eigenvalue weighted by Crippen LogP contribution is 2.21. The predicted octanol–water partition coefficient (Wildman–Crippen LogP) is 1.88. The molecule has 3 aromatic rings. The van der Waals surface area contributed by atoms with Crippen LogP contribution in [-0.4, -0.2) is 43.4 Å². The van der Waals surface area contributed by atoms with Gasteiger partial charge in [0.1, 0.15) is 11.5 Å². The summed E-state index contributed by atoms with van der Waals surface area (Å²) in [5.74, 6) is 0.510. The summed E-state index contributed by atoms with van der Waals surface area (Å²) in [5.41, 5.74) is 1.76. The largest absolute Gasteiger partial charge is 0.333 e. The van der Waals surface area contributed by atoms with Crippen molar-refractivity contribution in [3.8, 4) is 0 Å². The molecule has 7 heteroatoms. The van der Waals surface area contributed by atoms with Gasteiger partial charge in [-0.15, -0.1) is 0 Å². The molecule has 3 aromatic heterocycles. The van der Waals surface area contributed by atoms with Crippen molar-refractivity contribution < 1.29 is 4.79 Å². The molecule has 1 aliphatic heterocycles. The summed E-state index contributed by atoms with van der Waals surface area (Å²) >= 11 is 0. The summed E-state index contributed by atoms with van der Waals surface area (Å²) < 4.78 is 1.90. The van der Waals surface area contributed by atoms with Gasteiger partial charge < -0.3 is 4.90 Å². The number of aryl methyl sites for hydroxylation is 1. The lowest BCUT2D eigenvalue weighted by molar-refractivity contribution is 0.0766. The average molecular weight is 347 g/mol. The highest BCUT2D eigenvalue weighted by molar-refractivity contribution is 5.92. The van der Waals surface area contributed by atoms with Crippen LogP contribution in [0.3, 0.4) is 0 Å². The topological polar surface area (TPSA) is 81.0 Å². The molecule has 0 aromatic carbocycles. The molecule has 4 rings (SSSR count). The molecular weight excluding hydrogens is 330 g/mol. The molecule has 0 N–H and O–H groups in total. The fourth-order valence-corrected chi connectivity index (χ4v) is 3.19. The molecule has 26 heavy (non-hydrogen) atoms. The molecular formula is C19H17N5O2. The molecule has 0 unspecified atom stereocenters. The smallest absolute Gasteiger partial charge is 0.282 e. The minimum atomic E-state index is -0.273. The summed E-state index contributed by atoms with van der Waals surface area (Å²) in [6, 6.07) is 8.77. The van der Waals surface area contributed by atoms with Gasteiger partial charge in [-0.3, -0.25) is 19.1 Å². The van der Waals surface area contributed by atoms with Crippen molar-refractivity contribution in [3.05, 3.63) is 70.7 Å². The van der Waals surface area contributed by atoms with Crippen molar-refractivity contribution in [2.75, 3.05) is 13.1 Å². The third-order valence-electron chi connectivity index (χ3n) is 4.46. The number of fused-ring (bicyclic) bond motifs is 1. The van der Waals surface area contributed by atoms with E-state index in [1.165, 1.54) is 0 Å². The van der Waals surface area contributed by atoms with Gasteiger partial charge in [-0.05, 0) is 37.3 Å². The Balaban J connectivity index is 1.67. The molecule has 0 bridgehead atoms. The first-order valence-corrected chi connectivity index (χ1v) is 8.39. The Morgan fingerprint density at radius 2 is 1.96 bits per heavy atom. The minimum Gasteiger partial charge on any atom is -0.333 e. The van der Waals surface area contributed by atoms with E-state index in [-0.39, 0.29) is 11.5 Å². The van der Waals surface area contributed by atoms with Crippen LogP contribution in [0.25, 0.3) is 16.7 Å². The number of amides is 1. The van der Waals surface area contributed by atoms with Crippen LogP contribution >= 0.6 is 0 Å². The number of rotatable bonds is 2. The van der Waals surface area contributed by atoms with Crippen molar-refractivity contribution in [2.24, 2.45) is 0 Å². The zero-order valence-electron chi connectivity index (χ0n) is 14.3. The van der Waals surface area contributed by atoms with E-state index < -0.39 is 0 Å². The van der Waals surface area contributed by atoms with E-state index in [1.807, 2.05) is 10.6 Å². The van der Waals surface area contributed by atoms with Crippen LogP contribution in [0.5, 0.6) is 0 Å². The quantitative estimate of drug-likeness (QED) is 0.707. The van der Waals surface area contributed by atoms with Crippen LogP contribution in [0, 0.1) is 6.92 Å². The molecule has 0 fully saturated rings. The maximum absolute atomic E-state index is 12.5. The normalized spacial score (nSPS) is 14.3. The lowest BCUT2D eigenvalue weighted by Gasteiger charge is -2.27. The van der Waals surface area contributed by atoms with E-state index in [0.717, 1.165) is 5.70 Å². The summed E-state index contributed by atoms with van der Waals surface area (Å²) in [6.07, 6.45) is 5.91. The number of hydrogen-bond acceptors (Lipinski definition) is 5. The zero-order valence-corrected chi connectivity index (χ0v) is 14.3. The van der Waals surface area contributed by atoms with Crippen LogP contribution < -0.4 is 5.56 Å². The standard InChI is InChI=1S/C19H17N5O2/c1-13-22-18(25)15-5-4-10-21-17(15)24(13)14-7-11-23(12-8-14)19(26)16-6-2-3-9-20-16/h2-7,9-10H,8,11-12H2,1H3. The van der Waals surface area contributed by atoms with Crippen molar-refractivity contribution >= 4 is 22.6 Å². The Morgan fingerprint density at radius 3 is 2.69 bits per heavy atom. The number of carbonyl (C=O) groups excluding carboxylic acids is 1. The Kier molecular flexibility index (Phi) is 4.04. The number of hydrogen-bond donors (Lipinski definition) is 0. The summed E-state index contributed by atoms with van der Waals surface area (Å²) in [7, 11) is 0. The maximum Gasteiger partial charge on any atom is 0.282 e. The Labute approximate surface area is 149 Å². The molecule has 130 valence electrons. The summed E-state index contributed by atoms with van der Waals surface area (Å²) in [5, 5.41) is 0.492. The molecule has 0 atom stereocenters. The van der Waals surface area contributed by atoms with E-state index >= 15 is 0 Å². The SMILES string of the molecule is Cc1nc(=O)c2cccnc2n1C1=CCN(C(=O)c2ccccn2)CC1. The molecule has 1 amide bonds. The van der Waals surface area contributed by atoms with Crippen LogP contribution in [0.15, 0.2) is 53.6 Å². The zero-order chi connectivity index (χ0) is 18.1. The van der Waals surface area contributed by atoms with E-state index in [1.54, 1.807) is 54.5 Å². The lowest BCUT2D eigenvalue weighted by atomic mass is 10.1. The van der Waals surface area contributed by atoms with Gasteiger partial charge in [0.2, 0.25) is 0 Å². The lowest BCUT2D eigenvalue weighted by Crippen LogP contribution is -2.36. The molecule has 0 aliphatic carbocycles. The Morgan fingerprint density at radius 1 is 1.12 bits per heavy atom. The van der Waals surface area contributed by atoms with Crippen LogP contribution in [0.4, 0.5) is 0 Å². The van der Waals surface area contributed by atoms with Gasteiger partial charge in [-0.1, -0.05) is 6.07 Å². The van der Waals surface area contributed by atoms with Gasteiger partial charge in [0, 0.05) is 37.6 Å². The second-order valence-corrected chi connectivity index (χ2v) is 6.09. The van der Waals surface area contributed by atoms with E-state index in [2.05, 4.69) is 15.0 Å². The van der Waals surface area contributed by atoms with E-state index in [4.69, 9.17) is 0 Å². The second-order valence-electron chi connectivity index (χ2n) is 6.09. The molecule has 1 aliphatic rings. The molecule has 0 spiro atoms. The fourth-order valence-electron chi connectivity index (χ4n) is 3.19. The van der Waals surface area contributed by atoms with Gasteiger partial charge in [0.25, 0.3) is 11.5 Å². The van der Waals surface area contributed by atoms with Crippen molar-refractivity contribution in [3.63, 3.8) is 0 Å². The third kappa shape index (κ3) is 2.77. The highest BCUT2D eigenvalue weighted by Gasteiger charge is 2.21. The molecule has 7 nitrogen and oxygen atoms in total. The predicted molar refractivity (Wildman–Crippen MR) is 97.6 cm³/mol. The minimum absolute atomic E-state index is 0.0846. The monoisotopic (exact) mass is 347 g/mol. The first kappa shape index (κ1) is 16.1. The Bertz CT molecular complexity index is 1070. The highest BCUT2D eigenvalue weighted by atomic mass is 16.2.